The Bertz CT molecular complexity index is 501. The van der Waals surface area contributed by atoms with Gasteiger partial charge in [0.15, 0.2) is 5.15 Å². The molecule has 2 rings (SSSR count). The van der Waals surface area contributed by atoms with Crippen LogP contribution in [-0.2, 0) is 0 Å². The summed E-state index contributed by atoms with van der Waals surface area (Å²) < 4.78 is 0. The van der Waals surface area contributed by atoms with Crippen molar-refractivity contribution in [3.05, 3.63) is 34.6 Å². The van der Waals surface area contributed by atoms with Gasteiger partial charge in [0, 0.05) is 6.20 Å². The van der Waals surface area contributed by atoms with Gasteiger partial charge in [-0.15, -0.1) is 0 Å². The van der Waals surface area contributed by atoms with Crippen LogP contribution in [0.2, 0.25) is 10.3 Å². The van der Waals surface area contributed by atoms with Crippen molar-refractivity contribution in [1.82, 2.24) is 19.9 Å². The lowest BCUT2D eigenvalue weighted by atomic mass is 10.3. The number of nitrogens with zero attached hydrogens (tertiary/aromatic N) is 4. The molecule has 2 heterocycles. The van der Waals surface area contributed by atoms with Crippen LogP contribution >= 0.6 is 23.2 Å². The molecule has 0 N–H and O–H groups in total. The zero-order valence-corrected chi connectivity index (χ0v) is 9.29. The fourth-order valence-corrected chi connectivity index (χ4v) is 1.51. The second kappa shape index (κ2) is 4.08. The van der Waals surface area contributed by atoms with E-state index >= 15 is 0 Å². The van der Waals surface area contributed by atoms with Gasteiger partial charge in [-0.25, -0.2) is 15.0 Å². The average Bonchev–Trinajstić information content (AvgIpc) is 2.17. The molecule has 2 aromatic rings. The minimum Gasteiger partial charge on any atom is -0.261 e. The summed E-state index contributed by atoms with van der Waals surface area (Å²) in [6.07, 6.45) is 4.66. The molecule has 0 fully saturated rings. The molecule has 0 atom stereocenters. The van der Waals surface area contributed by atoms with Crippen molar-refractivity contribution in [1.29, 1.82) is 0 Å². The Balaban J connectivity index is 2.54. The van der Waals surface area contributed by atoms with Gasteiger partial charge in [0.05, 0.1) is 18.1 Å². The molecule has 76 valence electrons. The van der Waals surface area contributed by atoms with Gasteiger partial charge >= 0.3 is 0 Å². The van der Waals surface area contributed by atoms with Gasteiger partial charge in [-0.1, -0.05) is 23.2 Å². The molecule has 0 aliphatic heterocycles. The fourth-order valence-electron chi connectivity index (χ4n) is 1.10. The van der Waals surface area contributed by atoms with Gasteiger partial charge in [0.1, 0.15) is 16.5 Å². The third-order valence-corrected chi connectivity index (χ3v) is 2.14. The molecule has 2 aromatic heterocycles. The number of hydrogen-bond acceptors (Lipinski definition) is 4. The first-order valence-corrected chi connectivity index (χ1v) is 4.89. The summed E-state index contributed by atoms with van der Waals surface area (Å²) in [6.45, 7) is 1.84. The van der Waals surface area contributed by atoms with Gasteiger partial charge in [0.2, 0.25) is 0 Å². The third kappa shape index (κ3) is 2.22. The normalized spacial score (nSPS) is 10.3. The molecule has 0 aromatic carbocycles. The highest BCUT2D eigenvalue weighted by molar-refractivity contribution is 6.33. The van der Waals surface area contributed by atoms with Crippen LogP contribution in [-0.4, -0.2) is 19.9 Å². The number of aromatic nitrogens is 4. The predicted molar refractivity (Wildman–Crippen MR) is 57.8 cm³/mol. The van der Waals surface area contributed by atoms with Gasteiger partial charge < -0.3 is 0 Å². The molecule has 6 heteroatoms. The summed E-state index contributed by atoms with van der Waals surface area (Å²) >= 11 is 11.5. The highest BCUT2D eigenvalue weighted by Crippen LogP contribution is 2.22. The SMILES string of the molecule is Cc1cncc(-c2ncc(Cl)nc2Cl)n1. The largest absolute Gasteiger partial charge is 0.261 e. The molecule has 0 saturated heterocycles. The molecule has 0 amide bonds. The number of halogens is 2. The highest BCUT2D eigenvalue weighted by Gasteiger charge is 2.08. The molecule has 0 unspecified atom stereocenters. The van der Waals surface area contributed by atoms with Gasteiger partial charge in [-0.2, -0.15) is 0 Å². The Hall–Kier alpha value is -1.26. The van der Waals surface area contributed by atoms with E-state index in [0.717, 1.165) is 5.69 Å². The summed E-state index contributed by atoms with van der Waals surface area (Å²) in [5.74, 6) is 0. The van der Waals surface area contributed by atoms with Crippen molar-refractivity contribution in [3.63, 3.8) is 0 Å². The summed E-state index contributed by atoms with van der Waals surface area (Å²) in [5, 5.41) is 0.478. The van der Waals surface area contributed by atoms with Crippen LogP contribution in [0, 0.1) is 6.92 Å². The monoisotopic (exact) mass is 240 g/mol. The van der Waals surface area contributed by atoms with E-state index in [2.05, 4.69) is 19.9 Å². The van der Waals surface area contributed by atoms with Gasteiger partial charge in [0.25, 0.3) is 0 Å². The molecule has 4 nitrogen and oxygen atoms in total. The molecule has 0 bridgehead atoms. The molecular weight excluding hydrogens is 235 g/mol. The van der Waals surface area contributed by atoms with E-state index in [9.17, 15) is 0 Å². The quantitative estimate of drug-likeness (QED) is 0.769. The minimum absolute atomic E-state index is 0.224. The van der Waals surface area contributed by atoms with E-state index in [0.29, 0.717) is 11.4 Å². The Morgan fingerprint density at radius 1 is 1.07 bits per heavy atom. The number of hydrogen-bond donors (Lipinski definition) is 0. The molecule has 15 heavy (non-hydrogen) atoms. The zero-order chi connectivity index (χ0) is 10.8. The maximum absolute atomic E-state index is 5.89. The molecule has 0 spiro atoms. The fraction of sp³-hybridized carbons (Fsp3) is 0.111. The zero-order valence-electron chi connectivity index (χ0n) is 7.78. The smallest absolute Gasteiger partial charge is 0.158 e. The van der Waals surface area contributed by atoms with E-state index in [-0.39, 0.29) is 10.3 Å². The van der Waals surface area contributed by atoms with Crippen molar-refractivity contribution < 1.29 is 0 Å². The minimum atomic E-state index is 0.224. The predicted octanol–water partition coefficient (Wildman–Crippen LogP) is 2.55. The number of aryl methyl sites for hydroxylation is 1. The first kappa shape index (κ1) is 10.3. The van der Waals surface area contributed by atoms with Crippen LogP contribution < -0.4 is 0 Å². The first-order valence-electron chi connectivity index (χ1n) is 4.14. The Morgan fingerprint density at radius 3 is 2.53 bits per heavy atom. The highest BCUT2D eigenvalue weighted by atomic mass is 35.5. The number of rotatable bonds is 1. The second-order valence-corrected chi connectivity index (χ2v) is 3.62. The third-order valence-electron chi connectivity index (χ3n) is 1.70. The van der Waals surface area contributed by atoms with E-state index in [1.54, 1.807) is 12.4 Å². The Kier molecular flexibility index (Phi) is 2.79. The first-order chi connectivity index (χ1) is 7.16. The topological polar surface area (TPSA) is 51.6 Å². The second-order valence-electron chi connectivity index (χ2n) is 2.88. The van der Waals surface area contributed by atoms with Crippen molar-refractivity contribution >= 4 is 23.2 Å². The molecule has 0 aliphatic carbocycles. The van der Waals surface area contributed by atoms with Crippen molar-refractivity contribution in [2.75, 3.05) is 0 Å². The molecule has 0 radical (unpaired) electrons. The molecular formula is C9H6Cl2N4. The molecule has 0 saturated carbocycles. The van der Waals surface area contributed by atoms with Crippen LogP contribution in [0.1, 0.15) is 5.69 Å². The Labute approximate surface area is 96.3 Å². The standard InChI is InChI=1S/C9H6Cl2N4/c1-5-2-12-3-6(14-5)8-9(11)15-7(10)4-13-8/h2-4H,1H3. The van der Waals surface area contributed by atoms with Crippen LogP contribution in [0.25, 0.3) is 11.4 Å². The lowest BCUT2D eigenvalue weighted by Crippen LogP contribution is -1.94. The van der Waals surface area contributed by atoms with Gasteiger partial charge in [-0.05, 0) is 6.92 Å². The van der Waals surface area contributed by atoms with Crippen molar-refractivity contribution in [2.45, 2.75) is 6.92 Å². The van der Waals surface area contributed by atoms with Crippen molar-refractivity contribution in [3.8, 4) is 11.4 Å². The summed E-state index contributed by atoms with van der Waals surface area (Å²) in [5.41, 5.74) is 1.86. The van der Waals surface area contributed by atoms with Crippen LogP contribution in [0.15, 0.2) is 18.6 Å². The van der Waals surface area contributed by atoms with Crippen LogP contribution in [0.3, 0.4) is 0 Å². The van der Waals surface area contributed by atoms with E-state index in [1.165, 1.54) is 6.20 Å². The van der Waals surface area contributed by atoms with Gasteiger partial charge in [-0.3, -0.25) is 4.98 Å². The van der Waals surface area contributed by atoms with Crippen LogP contribution in [0.5, 0.6) is 0 Å². The molecule has 0 aliphatic rings. The van der Waals surface area contributed by atoms with E-state index in [4.69, 9.17) is 23.2 Å². The lowest BCUT2D eigenvalue weighted by Gasteiger charge is -2.02. The van der Waals surface area contributed by atoms with Crippen LogP contribution in [0.4, 0.5) is 0 Å². The summed E-state index contributed by atoms with van der Waals surface area (Å²) in [6, 6.07) is 0. The van der Waals surface area contributed by atoms with Crippen molar-refractivity contribution in [2.24, 2.45) is 0 Å². The maximum atomic E-state index is 5.89. The summed E-state index contributed by atoms with van der Waals surface area (Å²) in [7, 11) is 0. The Morgan fingerprint density at radius 2 is 1.87 bits per heavy atom. The van der Waals surface area contributed by atoms with E-state index < -0.39 is 0 Å². The average molecular weight is 241 g/mol. The maximum Gasteiger partial charge on any atom is 0.158 e. The summed E-state index contributed by atoms with van der Waals surface area (Å²) in [4.78, 5) is 16.2. The van der Waals surface area contributed by atoms with E-state index in [1.807, 2.05) is 6.92 Å². The lowest BCUT2D eigenvalue weighted by molar-refractivity contribution is 1.09.